The number of methoxy groups -OCH3 is 1. The Hall–Kier alpha value is -1.49. The van der Waals surface area contributed by atoms with E-state index in [1.807, 2.05) is 24.3 Å². The van der Waals surface area contributed by atoms with Gasteiger partial charge in [-0.2, -0.15) is 0 Å². The highest BCUT2D eigenvalue weighted by Gasteiger charge is 2.54. The average Bonchev–Trinajstić information content (AvgIpc) is 3.07. The number of halogens is 1. The van der Waals surface area contributed by atoms with Crippen LogP contribution < -0.4 is 0 Å². The normalized spacial score (nSPS) is 28.3. The third kappa shape index (κ3) is 4.27. The fourth-order valence-corrected chi connectivity index (χ4v) is 7.41. The van der Waals surface area contributed by atoms with Gasteiger partial charge in [-0.05, 0) is 85.1 Å². The zero-order valence-corrected chi connectivity index (χ0v) is 19.8. The molecular formula is C26H31ClO3S. The molecule has 166 valence electrons. The number of ether oxygens (including phenoxy) is 1. The highest BCUT2D eigenvalue weighted by Crippen LogP contribution is 2.58. The van der Waals surface area contributed by atoms with Crippen molar-refractivity contribution in [3.63, 3.8) is 0 Å². The predicted octanol–water partition coefficient (Wildman–Crippen LogP) is 6.05. The Balaban J connectivity index is 1.64. The highest BCUT2D eigenvalue weighted by atomic mass is 35.5. The van der Waals surface area contributed by atoms with Crippen LogP contribution in [-0.4, -0.2) is 29.5 Å². The van der Waals surface area contributed by atoms with Gasteiger partial charge < -0.3 is 9.84 Å². The standard InChI is InChI=1S/C26H31ClO3S/c1-18(17-28)14-20-15-19-6-3-4-9-23(19)25(20)10-12-26(13-11-25,24(29)30-2)31-22-8-5-7-21(27)16-22/h3-9,16,18,20,28H,10-15,17H2,1-2H3/t18-,20+,25?,26?/m1/s1. The van der Waals surface area contributed by atoms with E-state index in [1.54, 1.807) is 11.8 Å². The van der Waals surface area contributed by atoms with Crippen molar-refractivity contribution in [1.82, 2.24) is 0 Å². The number of aliphatic hydroxyl groups excluding tert-OH is 1. The molecule has 5 heteroatoms. The molecule has 2 atom stereocenters. The Morgan fingerprint density at radius 2 is 1.94 bits per heavy atom. The summed E-state index contributed by atoms with van der Waals surface area (Å²) in [6, 6.07) is 16.5. The van der Waals surface area contributed by atoms with Crippen molar-refractivity contribution in [2.24, 2.45) is 11.8 Å². The second-order valence-electron chi connectivity index (χ2n) is 9.28. The maximum absolute atomic E-state index is 13.0. The second-order valence-corrected chi connectivity index (χ2v) is 11.2. The van der Waals surface area contributed by atoms with Gasteiger partial charge >= 0.3 is 5.97 Å². The Kier molecular flexibility index (Phi) is 6.71. The van der Waals surface area contributed by atoms with E-state index in [2.05, 4.69) is 31.2 Å². The van der Waals surface area contributed by atoms with E-state index in [0.717, 1.165) is 43.4 Å². The summed E-state index contributed by atoms with van der Waals surface area (Å²) in [5.41, 5.74) is 2.97. The lowest BCUT2D eigenvalue weighted by Crippen LogP contribution is -2.47. The number of esters is 1. The number of benzene rings is 2. The van der Waals surface area contributed by atoms with Gasteiger partial charge in [0, 0.05) is 16.5 Å². The minimum Gasteiger partial charge on any atom is -0.468 e. The largest absolute Gasteiger partial charge is 0.468 e. The minimum absolute atomic E-state index is 0.0758. The quantitative estimate of drug-likeness (QED) is 0.535. The van der Waals surface area contributed by atoms with Crippen LogP contribution in [0.2, 0.25) is 5.02 Å². The fourth-order valence-electron chi connectivity index (χ4n) is 5.80. The van der Waals surface area contributed by atoms with Crippen molar-refractivity contribution in [2.75, 3.05) is 13.7 Å². The molecule has 0 radical (unpaired) electrons. The molecule has 0 aliphatic heterocycles. The Morgan fingerprint density at radius 1 is 1.19 bits per heavy atom. The number of carbonyl (C=O) groups is 1. The summed E-state index contributed by atoms with van der Waals surface area (Å²) < 4.78 is 4.71. The van der Waals surface area contributed by atoms with Crippen LogP contribution in [-0.2, 0) is 21.4 Å². The van der Waals surface area contributed by atoms with Crippen LogP contribution in [0.1, 0.15) is 50.2 Å². The number of thioether (sulfide) groups is 1. The molecule has 0 heterocycles. The van der Waals surface area contributed by atoms with E-state index in [-0.39, 0.29) is 23.9 Å². The molecule has 0 bridgehead atoms. The number of rotatable bonds is 6. The monoisotopic (exact) mass is 458 g/mol. The topological polar surface area (TPSA) is 46.5 Å². The third-order valence-corrected chi connectivity index (χ3v) is 9.11. The summed E-state index contributed by atoms with van der Waals surface area (Å²) >= 11 is 7.81. The van der Waals surface area contributed by atoms with Gasteiger partial charge in [-0.1, -0.05) is 48.9 Å². The molecule has 4 rings (SSSR count). The van der Waals surface area contributed by atoms with Gasteiger partial charge in [0.1, 0.15) is 4.75 Å². The van der Waals surface area contributed by atoms with Crippen LogP contribution in [0.25, 0.3) is 0 Å². The zero-order chi connectivity index (χ0) is 22.1. The van der Waals surface area contributed by atoms with Gasteiger partial charge in [0.2, 0.25) is 0 Å². The molecule has 0 saturated heterocycles. The Labute approximate surface area is 194 Å². The van der Waals surface area contributed by atoms with Crippen molar-refractivity contribution in [1.29, 1.82) is 0 Å². The molecule has 1 N–H and O–H groups in total. The van der Waals surface area contributed by atoms with Crippen LogP contribution >= 0.6 is 23.4 Å². The summed E-state index contributed by atoms with van der Waals surface area (Å²) in [6.45, 7) is 2.35. The van der Waals surface area contributed by atoms with Crippen molar-refractivity contribution < 1.29 is 14.6 Å². The SMILES string of the molecule is COC(=O)C1(Sc2cccc(Cl)c2)CCC2(CC1)c1ccccc1C[C@@H]2C[C@@H](C)CO. The molecule has 2 aliphatic carbocycles. The molecule has 1 fully saturated rings. The van der Waals surface area contributed by atoms with Gasteiger partial charge in [0.05, 0.1) is 7.11 Å². The first-order valence-corrected chi connectivity index (χ1v) is 12.3. The van der Waals surface area contributed by atoms with Crippen molar-refractivity contribution in [3.05, 3.63) is 64.7 Å². The van der Waals surface area contributed by atoms with E-state index in [4.69, 9.17) is 16.3 Å². The summed E-state index contributed by atoms with van der Waals surface area (Å²) in [7, 11) is 1.49. The number of carbonyl (C=O) groups excluding carboxylic acids is 1. The van der Waals surface area contributed by atoms with E-state index >= 15 is 0 Å². The number of hydrogen-bond acceptors (Lipinski definition) is 4. The third-order valence-electron chi connectivity index (χ3n) is 7.42. The number of fused-ring (bicyclic) bond motifs is 2. The molecule has 31 heavy (non-hydrogen) atoms. The number of hydrogen-bond donors (Lipinski definition) is 1. The Bertz CT molecular complexity index is 936. The summed E-state index contributed by atoms with van der Waals surface area (Å²) in [5, 5.41) is 10.4. The molecule has 3 nitrogen and oxygen atoms in total. The van der Waals surface area contributed by atoms with E-state index in [9.17, 15) is 9.90 Å². The summed E-state index contributed by atoms with van der Waals surface area (Å²) in [6.07, 6.45) is 5.53. The van der Waals surface area contributed by atoms with Crippen LogP contribution in [0.4, 0.5) is 0 Å². The smallest absolute Gasteiger partial charge is 0.322 e. The molecule has 2 aliphatic rings. The highest BCUT2D eigenvalue weighted by molar-refractivity contribution is 8.01. The van der Waals surface area contributed by atoms with Gasteiger partial charge in [-0.25, -0.2) is 0 Å². The molecule has 2 aromatic rings. The predicted molar refractivity (Wildman–Crippen MR) is 127 cm³/mol. The van der Waals surface area contributed by atoms with Crippen molar-refractivity contribution in [2.45, 2.75) is 60.5 Å². The van der Waals surface area contributed by atoms with Crippen molar-refractivity contribution in [3.8, 4) is 0 Å². The van der Waals surface area contributed by atoms with E-state index in [0.29, 0.717) is 10.9 Å². The lowest BCUT2D eigenvalue weighted by molar-refractivity contribution is -0.145. The lowest BCUT2D eigenvalue weighted by Gasteiger charge is -2.47. The molecule has 1 spiro atoms. The van der Waals surface area contributed by atoms with Gasteiger partial charge in [0.15, 0.2) is 0 Å². The molecular weight excluding hydrogens is 428 g/mol. The van der Waals surface area contributed by atoms with Crippen LogP contribution in [0.3, 0.4) is 0 Å². The van der Waals surface area contributed by atoms with Crippen LogP contribution in [0, 0.1) is 11.8 Å². The molecule has 0 amide bonds. The van der Waals surface area contributed by atoms with Gasteiger partial charge in [0.25, 0.3) is 0 Å². The van der Waals surface area contributed by atoms with Crippen LogP contribution in [0.5, 0.6) is 0 Å². The molecule has 1 saturated carbocycles. The number of aliphatic hydroxyl groups is 1. The maximum Gasteiger partial charge on any atom is 0.322 e. The minimum atomic E-state index is -0.588. The molecule has 0 unspecified atom stereocenters. The molecule has 2 aromatic carbocycles. The lowest BCUT2D eigenvalue weighted by atomic mass is 9.61. The zero-order valence-electron chi connectivity index (χ0n) is 18.3. The first kappa shape index (κ1) is 22.7. The van der Waals surface area contributed by atoms with Crippen LogP contribution in [0.15, 0.2) is 53.4 Å². The van der Waals surface area contributed by atoms with E-state index in [1.165, 1.54) is 18.2 Å². The summed E-state index contributed by atoms with van der Waals surface area (Å²) in [4.78, 5) is 14.0. The first-order valence-electron chi connectivity index (χ1n) is 11.1. The average molecular weight is 459 g/mol. The van der Waals surface area contributed by atoms with E-state index < -0.39 is 4.75 Å². The second kappa shape index (κ2) is 9.17. The summed E-state index contributed by atoms with van der Waals surface area (Å²) in [5.74, 6) is 0.641. The molecule has 0 aromatic heterocycles. The van der Waals surface area contributed by atoms with Crippen molar-refractivity contribution >= 4 is 29.3 Å². The van der Waals surface area contributed by atoms with Gasteiger partial charge in [-0.3, -0.25) is 4.79 Å². The van der Waals surface area contributed by atoms with Gasteiger partial charge in [-0.15, -0.1) is 11.8 Å². The maximum atomic E-state index is 13.0. The Morgan fingerprint density at radius 3 is 2.61 bits per heavy atom. The fraction of sp³-hybridized carbons (Fsp3) is 0.500. The first-order chi connectivity index (χ1) is 14.9.